The Balaban J connectivity index is 1.70. The minimum Gasteiger partial charge on any atom is -0.465 e. The van der Waals surface area contributed by atoms with Gasteiger partial charge in [0.1, 0.15) is 6.54 Å². The van der Waals surface area contributed by atoms with Gasteiger partial charge in [0.05, 0.1) is 24.9 Å². The van der Waals surface area contributed by atoms with Gasteiger partial charge in [0.2, 0.25) is 0 Å². The maximum absolute atomic E-state index is 12.8. The Hall–Kier alpha value is -2.88. The van der Waals surface area contributed by atoms with Crippen LogP contribution in [-0.4, -0.2) is 45.1 Å². The Kier molecular flexibility index (Phi) is 4.92. The topological polar surface area (TPSA) is 85.9 Å². The number of carbonyl (C=O) groups excluding carboxylic acids is 1. The highest BCUT2D eigenvalue weighted by atomic mass is 19.4. The number of ether oxygens (including phenoxy) is 1. The predicted molar refractivity (Wildman–Crippen MR) is 87.5 cm³/mol. The number of carbonyl (C=O) groups is 1. The van der Waals surface area contributed by atoms with Crippen LogP contribution in [-0.2, 0) is 20.9 Å². The molecule has 1 aliphatic rings. The van der Waals surface area contributed by atoms with E-state index in [-0.39, 0.29) is 18.9 Å². The van der Waals surface area contributed by atoms with Crippen LogP contribution in [0.5, 0.6) is 0 Å². The minimum absolute atomic E-state index is 0.000573. The molecule has 2 aromatic rings. The molecule has 0 bridgehead atoms. The van der Waals surface area contributed by atoms with Crippen molar-refractivity contribution in [1.82, 2.24) is 9.78 Å². The van der Waals surface area contributed by atoms with Gasteiger partial charge >= 0.3 is 17.9 Å². The summed E-state index contributed by atoms with van der Waals surface area (Å²) >= 11 is 0. The van der Waals surface area contributed by atoms with E-state index in [4.69, 9.17) is 4.74 Å². The second-order valence-electron chi connectivity index (χ2n) is 5.90. The summed E-state index contributed by atoms with van der Waals surface area (Å²) in [7, 11) is 0. The van der Waals surface area contributed by atoms with Gasteiger partial charge in [-0.1, -0.05) is 29.4 Å². The highest BCUT2D eigenvalue weighted by Crippen LogP contribution is 2.39. The van der Waals surface area contributed by atoms with E-state index >= 15 is 0 Å². The summed E-state index contributed by atoms with van der Waals surface area (Å²) in [6.45, 7) is 1.98. The second kappa shape index (κ2) is 7.03. The third kappa shape index (κ3) is 3.95. The van der Waals surface area contributed by atoms with Crippen LogP contribution in [0.4, 0.5) is 13.2 Å². The average molecular weight is 383 g/mol. The number of hydrogen-bond donors (Lipinski definition) is 1. The van der Waals surface area contributed by atoms with Crippen molar-refractivity contribution in [1.29, 1.82) is 0 Å². The van der Waals surface area contributed by atoms with Gasteiger partial charge in [-0.3, -0.25) is 9.48 Å². The number of esters is 1. The molecule has 0 aliphatic carbocycles. The van der Waals surface area contributed by atoms with Crippen molar-refractivity contribution in [3.05, 3.63) is 42.2 Å². The maximum Gasteiger partial charge on any atom is 0.458 e. The Bertz CT molecular complexity index is 861. The Labute approximate surface area is 152 Å². The van der Waals surface area contributed by atoms with Gasteiger partial charge < -0.3 is 14.7 Å². The number of aliphatic hydroxyl groups is 1. The van der Waals surface area contributed by atoms with Crippen LogP contribution in [0.1, 0.15) is 18.9 Å². The normalized spacial score (nSPS) is 19.5. The first-order chi connectivity index (χ1) is 12.7. The second-order valence-corrected chi connectivity index (χ2v) is 5.90. The average Bonchev–Trinajstić information content (AvgIpc) is 3.22. The van der Waals surface area contributed by atoms with Crippen LogP contribution in [0.3, 0.4) is 0 Å². The fraction of sp³-hybridized carbons (Fsp3) is 0.353. The molecule has 0 spiro atoms. The molecule has 7 nitrogen and oxygen atoms in total. The standard InChI is InChI=1S/C17H16F3N3O4/c1-2-26-15(24)10-23-9-13(8-21-23)11-3-5-12(6-4-11)14-7-16(25,27-22-14)17(18,19)20/h3-6,8-9,25H,2,7,10H2,1H3. The number of oxime groups is 1. The monoisotopic (exact) mass is 383 g/mol. The van der Waals surface area contributed by atoms with Crippen LogP contribution in [0, 0.1) is 0 Å². The Morgan fingerprint density at radius 1 is 1.30 bits per heavy atom. The van der Waals surface area contributed by atoms with Crippen LogP contribution >= 0.6 is 0 Å². The van der Waals surface area contributed by atoms with E-state index in [9.17, 15) is 23.1 Å². The van der Waals surface area contributed by atoms with Crippen molar-refractivity contribution in [3.63, 3.8) is 0 Å². The smallest absolute Gasteiger partial charge is 0.458 e. The number of alkyl halides is 3. The van der Waals surface area contributed by atoms with E-state index in [2.05, 4.69) is 15.1 Å². The number of benzene rings is 1. The van der Waals surface area contributed by atoms with E-state index in [0.29, 0.717) is 5.56 Å². The number of aromatic nitrogens is 2. The van der Waals surface area contributed by atoms with Crippen LogP contribution in [0.25, 0.3) is 11.1 Å². The molecule has 0 saturated heterocycles. The molecule has 3 rings (SSSR count). The molecule has 10 heteroatoms. The summed E-state index contributed by atoms with van der Waals surface area (Å²) in [4.78, 5) is 15.7. The lowest BCUT2D eigenvalue weighted by Crippen LogP contribution is -2.45. The molecular formula is C17H16F3N3O4. The number of nitrogens with zero attached hydrogens (tertiary/aromatic N) is 3. The third-order valence-corrected chi connectivity index (χ3v) is 3.94. The molecule has 0 amide bonds. The number of hydrogen-bond acceptors (Lipinski definition) is 6. The van der Waals surface area contributed by atoms with E-state index < -0.39 is 24.4 Å². The zero-order valence-corrected chi connectivity index (χ0v) is 14.2. The summed E-state index contributed by atoms with van der Waals surface area (Å²) in [5, 5.41) is 16.9. The van der Waals surface area contributed by atoms with Crippen molar-refractivity contribution >= 4 is 11.7 Å². The number of rotatable bonds is 5. The molecule has 1 N–H and O–H groups in total. The molecule has 1 atom stereocenters. The quantitative estimate of drug-likeness (QED) is 0.802. The SMILES string of the molecule is CCOC(=O)Cn1cc(-c2ccc(C3=NOC(O)(C(F)(F)F)C3)cc2)cn1. The molecule has 1 aromatic carbocycles. The first-order valence-electron chi connectivity index (χ1n) is 8.05. The van der Waals surface area contributed by atoms with Crippen LogP contribution in [0.15, 0.2) is 41.8 Å². The Morgan fingerprint density at radius 2 is 1.96 bits per heavy atom. The largest absolute Gasteiger partial charge is 0.465 e. The summed E-state index contributed by atoms with van der Waals surface area (Å²) in [6.07, 6.45) is -2.50. The zero-order valence-electron chi connectivity index (χ0n) is 14.2. The summed E-state index contributed by atoms with van der Waals surface area (Å²) in [6, 6.07) is 6.49. The molecule has 1 aromatic heterocycles. The lowest BCUT2D eigenvalue weighted by atomic mass is 10.00. The van der Waals surface area contributed by atoms with Crippen LogP contribution < -0.4 is 0 Å². The van der Waals surface area contributed by atoms with Gasteiger partial charge in [0.15, 0.2) is 0 Å². The highest BCUT2D eigenvalue weighted by Gasteiger charge is 2.60. The van der Waals surface area contributed by atoms with Gasteiger partial charge in [-0.2, -0.15) is 18.3 Å². The Morgan fingerprint density at radius 3 is 2.56 bits per heavy atom. The van der Waals surface area contributed by atoms with Crippen molar-refractivity contribution < 1.29 is 32.6 Å². The molecule has 0 fully saturated rings. The predicted octanol–water partition coefficient (Wildman–Crippen LogP) is 2.49. The van der Waals surface area contributed by atoms with E-state index in [1.165, 1.54) is 4.68 Å². The van der Waals surface area contributed by atoms with Crippen molar-refractivity contribution in [2.24, 2.45) is 5.16 Å². The molecule has 144 valence electrons. The molecule has 27 heavy (non-hydrogen) atoms. The summed E-state index contributed by atoms with van der Waals surface area (Å²) in [5.41, 5.74) is 1.87. The van der Waals surface area contributed by atoms with E-state index in [0.717, 1.165) is 11.1 Å². The maximum atomic E-state index is 12.8. The molecule has 0 saturated carbocycles. The van der Waals surface area contributed by atoms with Crippen molar-refractivity contribution in [2.45, 2.75) is 31.9 Å². The van der Waals surface area contributed by atoms with Crippen molar-refractivity contribution in [2.75, 3.05) is 6.61 Å². The fourth-order valence-corrected chi connectivity index (χ4v) is 2.52. The number of halogens is 3. The summed E-state index contributed by atoms with van der Waals surface area (Å²) < 4.78 is 44.6. The molecular weight excluding hydrogens is 367 g/mol. The molecule has 2 heterocycles. The minimum atomic E-state index is -4.94. The highest BCUT2D eigenvalue weighted by molar-refractivity contribution is 6.01. The first kappa shape index (κ1) is 18.9. The van der Waals surface area contributed by atoms with E-state index in [1.807, 2.05) is 0 Å². The lowest BCUT2D eigenvalue weighted by molar-refractivity contribution is -0.355. The zero-order chi connectivity index (χ0) is 19.7. The lowest BCUT2D eigenvalue weighted by Gasteiger charge is -2.22. The van der Waals surface area contributed by atoms with Gasteiger partial charge in [-0.05, 0) is 18.1 Å². The molecule has 1 aliphatic heterocycles. The third-order valence-electron chi connectivity index (χ3n) is 3.94. The fourth-order valence-electron chi connectivity index (χ4n) is 2.52. The molecule has 0 radical (unpaired) electrons. The van der Waals surface area contributed by atoms with Crippen LogP contribution in [0.2, 0.25) is 0 Å². The van der Waals surface area contributed by atoms with E-state index in [1.54, 1.807) is 43.6 Å². The van der Waals surface area contributed by atoms with Gasteiger partial charge in [-0.15, -0.1) is 0 Å². The van der Waals surface area contributed by atoms with Gasteiger partial charge in [0.25, 0.3) is 0 Å². The first-order valence-corrected chi connectivity index (χ1v) is 8.05. The van der Waals surface area contributed by atoms with Crippen molar-refractivity contribution in [3.8, 4) is 11.1 Å². The summed E-state index contributed by atoms with van der Waals surface area (Å²) in [5.74, 6) is -3.70. The van der Waals surface area contributed by atoms with Gasteiger partial charge in [-0.25, -0.2) is 0 Å². The molecule has 1 unspecified atom stereocenters. The van der Waals surface area contributed by atoms with Gasteiger partial charge in [0, 0.05) is 11.8 Å².